The molecule has 0 saturated carbocycles. The summed E-state index contributed by atoms with van der Waals surface area (Å²) >= 11 is 0. The van der Waals surface area contributed by atoms with Gasteiger partial charge in [0.25, 0.3) is 0 Å². The van der Waals surface area contributed by atoms with Crippen molar-refractivity contribution in [3.63, 3.8) is 0 Å². The zero-order valence-corrected chi connectivity index (χ0v) is 13.7. The first-order valence-corrected chi connectivity index (χ1v) is 7.81. The van der Waals surface area contributed by atoms with E-state index in [0.29, 0.717) is 16.8 Å². The normalized spacial score (nSPS) is 11.3. The number of alkyl halides is 3. The van der Waals surface area contributed by atoms with Crippen LogP contribution < -0.4 is 5.32 Å². The van der Waals surface area contributed by atoms with Crippen LogP contribution in [0.3, 0.4) is 0 Å². The fraction of sp³-hybridized carbons (Fsp3) is 0.0500. The SMILES string of the molecule is O=C(O)c1ccc(F)cc1Nc1cccc(-c2ccc(C(F)(F)F)cc2)c1. The zero-order valence-electron chi connectivity index (χ0n) is 13.7. The molecule has 0 aromatic heterocycles. The van der Waals surface area contributed by atoms with E-state index in [9.17, 15) is 27.5 Å². The number of rotatable bonds is 4. The van der Waals surface area contributed by atoms with Gasteiger partial charge in [-0.2, -0.15) is 13.2 Å². The summed E-state index contributed by atoms with van der Waals surface area (Å²) < 4.78 is 51.5. The molecule has 3 nitrogen and oxygen atoms in total. The second kappa shape index (κ2) is 7.11. The summed E-state index contributed by atoms with van der Waals surface area (Å²) in [7, 11) is 0. The van der Waals surface area contributed by atoms with E-state index >= 15 is 0 Å². The van der Waals surface area contributed by atoms with Crippen LogP contribution in [0.25, 0.3) is 11.1 Å². The van der Waals surface area contributed by atoms with Crippen LogP contribution in [0.2, 0.25) is 0 Å². The Kier molecular flexibility index (Phi) is 4.85. The Bertz CT molecular complexity index is 982. The predicted molar refractivity (Wildman–Crippen MR) is 93.5 cm³/mol. The molecule has 0 saturated heterocycles. The molecule has 0 heterocycles. The number of hydrogen-bond acceptors (Lipinski definition) is 2. The molecule has 0 amide bonds. The maximum Gasteiger partial charge on any atom is 0.416 e. The van der Waals surface area contributed by atoms with Crippen LogP contribution in [0.5, 0.6) is 0 Å². The summed E-state index contributed by atoms with van der Waals surface area (Å²) in [5, 5.41) is 12.0. The fourth-order valence-electron chi connectivity index (χ4n) is 2.59. The van der Waals surface area contributed by atoms with Gasteiger partial charge in [-0.1, -0.05) is 24.3 Å². The molecule has 27 heavy (non-hydrogen) atoms. The number of carbonyl (C=O) groups is 1. The van der Waals surface area contributed by atoms with Crippen LogP contribution in [0, 0.1) is 5.82 Å². The minimum atomic E-state index is -4.41. The first kappa shape index (κ1) is 18.4. The number of halogens is 4. The Morgan fingerprint density at radius 3 is 2.22 bits per heavy atom. The lowest BCUT2D eigenvalue weighted by Crippen LogP contribution is -2.04. The smallest absolute Gasteiger partial charge is 0.416 e. The molecule has 7 heteroatoms. The second-order valence-electron chi connectivity index (χ2n) is 5.78. The number of anilines is 2. The third-order valence-electron chi connectivity index (χ3n) is 3.90. The van der Waals surface area contributed by atoms with E-state index in [2.05, 4.69) is 5.32 Å². The maximum atomic E-state index is 13.5. The summed E-state index contributed by atoms with van der Waals surface area (Å²) in [6.07, 6.45) is -4.41. The van der Waals surface area contributed by atoms with E-state index < -0.39 is 23.5 Å². The first-order valence-electron chi connectivity index (χ1n) is 7.81. The third-order valence-corrected chi connectivity index (χ3v) is 3.90. The Labute approximate surface area is 151 Å². The number of carboxylic acid groups (broad SMARTS) is 1. The van der Waals surface area contributed by atoms with Gasteiger partial charge in [0.1, 0.15) is 5.82 Å². The van der Waals surface area contributed by atoms with E-state index in [1.165, 1.54) is 12.1 Å². The van der Waals surface area contributed by atoms with Crippen molar-refractivity contribution in [2.45, 2.75) is 6.18 Å². The van der Waals surface area contributed by atoms with Gasteiger partial charge in [0.05, 0.1) is 16.8 Å². The molecule has 2 N–H and O–H groups in total. The highest BCUT2D eigenvalue weighted by atomic mass is 19.4. The van der Waals surface area contributed by atoms with Crippen molar-refractivity contribution < 1.29 is 27.5 Å². The summed E-state index contributed by atoms with van der Waals surface area (Å²) in [5.41, 5.74) is 0.890. The molecule has 0 aliphatic rings. The van der Waals surface area contributed by atoms with Gasteiger partial charge in [-0.3, -0.25) is 0 Å². The van der Waals surface area contributed by atoms with E-state index in [1.54, 1.807) is 24.3 Å². The van der Waals surface area contributed by atoms with Gasteiger partial charge in [0, 0.05) is 5.69 Å². The van der Waals surface area contributed by atoms with E-state index in [1.807, 2.05) is 0 Å². The van der Waals surface area contributed by atoms with Crippen LogP contribution in [0.15, 0.2) is 66.7 Å². The van der Waals surface area contributed by atoms with Crippen LogP contribution in [0.4, 0.5) is 28.9 Å². The van der Waals surface area contributed by atoms with Gasteiger partial charge < -0.3 is 10.4 Å². The quantitative estimate of drug-likeness (QED) is 0.554. The van der Waals surface area contributed by atoms with Gasteiger partial charge in [-0.15, -0.1) is 0 Å². The largest absolute Gasteiger partial charge is 0.478 e. The van der Waals surface area contributed by atoms with Crippen molar-refractivity contribution in [1.82, 2.24) is 0 Å². The topological polar surface area (TPSA) is 49.3 Å². The van der Waals surface area contributed by atoms with Gasteiger partial charge in [-0.05, 0) is 53.6 Å². The van der Waals surface area contributed by atoms with Crippen molar-refractivity contribution >= 4 is 17.3 Å². The molecule has 0 aliphatic heterocycles. The van der Waals surface area contributed by atoms with E-state index in [0.717, 1.165) is 30.3 Å². The average molecular weight is 375 g/mol. The van der Waals surface area contributed by atoms with Gasteiger partial charge >= 0.3 is 12.1 Å². The van der Waals surface area contributed by atoms with Gasteiger partial charge in [-0.25, -0.2) is 9.18 Å². The molecule has 3 rings (SSSR count). The van der Waals surface area contributed by atoms with Crippen molar-refractivity contribution in [3.8, 4) is 11.1 Å². The number of nitrogens with one attached hydrogen (secondary N) is 1. The van der Waals surface area contributed by atoms with E-state index in [-0.39, 0.29) is 11.3 Å². The van der Waals surface area contributed by atoms with Crippen molar-refractivity contribution in [1.29, 1.82) is 0 Å². The molecule has 0 unspecified atom stereocenters. The highest BCUT2D eigenvalue weighted by Gasteiger charge is 2.29. The third kappa shape index (κ3) is 4.25. The van der Waals surface area contributed by atoms with Crippen LogP contribution in [0.1, 0.15) is 15.9 Å². The van der Waals surface area contributed by atoms with E-state index in [4.69, 9.17) is 0 Å². The molecule has 0 atom stereocenters. The number of aromatic carboxylic acids is 1. The predicted octanol–water partition coefficient (Wildman–Crippen LogP) is 5.95. The summed E-state index contributed by atoms with van der Waals surface area (Å²) in [4.78, 5) is 11.3. The summed E-state index contributed by atoms with van der Waals surface area (Å²) in [6, 6.07) is 14.6. The fourth-order valence-corrected chi connectivity index (χ4v) is 2.59. The first-order chi connectivity index (χ1) is 12.7. The van der Waals surface area contributed by atoms with Gasteiger partial charge in [0.2, 0.25) is 0 Å². The molecule has 0 bridgehead atoms. The molecule has 0 spiro atoms. The molecule has 0 aliphatic carbocycles. The highest BCUT2D eigenvalue weighted by Crippen LogP contribution is 2.32. The highest BCUT2D eigenvalue weighted by molar-refractivity contribution is 5.95. The Morgan fingerprint density at radius 2 is 1.59 bits per heavy atom. The zero-order chi connectivity index (χ0) is 19.6. The molecule has 0 fully saturated rings. The average Bonchev–Trinajstić information content (AvgIpc) is 2.61. The minimum Gasteiger partial charge on any atom is -0.478 e. The Morgan fingerprint density at radius 1 is 0.889 bits per heavy atom. The number of benzene rings is 3. The monoisotopic (exact) mass is 375 g/mol. The van der Waals surface area contributed by atoms with Crippen LogP contribution in [-0.4, -0.2) is 11.1 Å². The summed E-state index contributed by atoms with van der Waals surface area (Å²) in [6.45, 7) is 0. The minimum absolute atomic E-state index is 0.0760. The number of carboxylic acids is 1. The van der Waals surface area contributed by atoms with Crippen molar-refractivity contribution in [2.24, 2.45) is 0 Å². The lowest BCUT2D eigenvalue weighted by atomic mass is 10.0. The Balaban J connectivity index is 1.91. The van der Waals surface area contributed by atoms with Gasteiger partial charge in [0.15, 0.2) is 0 Å². The van der Waals surface area contributed by atoms with Crippen molar-refractivity contribution in [2.75, 3.05) is 5.32 Å². The lowest BCUT2D eigenvalue weighted by Gasteiger charge is -2.12. The molecule has 3 aromatic carbocycles. The lowest BCUT2D eigenvalue weighted by molar-refractivity contribution is -0.137. The number of hydrogen-bond donors (Lipinski definition) is 2. The molecular weight excluding hydrogens is 362 g/mol. The molecule has 138 valence electrons. The standard InChI is InChI=1S/C20H13F4NO2/c21-15-8-9-17(19(26)27)18(11-15)25-16-3-1-2-13(10-16)12-4-6-14(7-5-12)20(22,23)24/h1-11,25H,(H,26,27). The van der Waals surface area contributed by atoms with Crippen LogP contribution in [-0.2, 0) is 6.18 Å². The molecule has 0 radical (unpaired) electrons. The molecular formula is C20H13F4NO2. The maximum absolute atomic E-state index is 13.5. The molecule has 3 aromatic rings. The summed E-state index contributed by atoms with van der Waals surface area (Å²) in [5.74, 6) is -1.81. The Hall–Kier alpha value is -3.35. The second-order valence-corrected chi connectivity index (χ2v) is 5.78. The van der Waals surface area contributed by atoms with Crippen molar-refractivity contribution in [3.05, 3.63) is 83.7 Å². The van der Waals surface area contributed by atoms with Crippen LogP contribution >= 0.6 is 0 Å².